The number of H-pyrrole nitrogens is 1. The Morgan fingerprint density at radius 2 is 2.07 bits per heavy atom. The van der Waals surface area contributed by atoms with Gasteiger partial charge in [-0.1, -0.05) is 0 Å². The van der Waals surface area contributed by atoms with Crippen molar-refractivity contribution < 1.29 is 13.2 Å². The first-order valence-corrected chi connectivity index (χ1v) is 8.83. The molecule has 8 nitrogen and oxygen atoms in total. The van der Waals surface area contributed by atoms with Crippen LogP contribution in [0.5, 0.6) is 0 Å². The monoisotopic (exact) mass is 391 g/mol. The molecule has 11 heteroatoms. The van der Waals surface area contributed by atoms with Gasteiger partial charge in [0.2, 0.25) is 0 Å². The Hall–Kier alpha value is -2.95. The third kappa shape index (κ3) is 2.42. The number of nitrogens with one attached hydrogen (secondary N) is 3. The van der Waals surface area contributed by atoms with E-state index in [0.717, 1.165) is 30.2 Å². The number of aromatic nitrogens is 5. The van der Waals surface area contributed by atoms with Crippen molar-refractivity contribution in [2.45, 2.75) is 44.1 Å². The maximum absolute atomic E-state index is 13.6. The average molecular weight is 391 g/mol. The summed E-state index contributed by atoms with van der Waals surface area (Å²) < 4.78 is 41.5. The quantitative estimate of drug-likeness (QED) is 0.634. The predicted octanol–water partition coefficient (Wildman–Crippen LogP) is 2.47. The van der Waals surface area contributed by atoms with E-state index in [0.29, 0.717) is 22.9 Å². The highest BCUT2D eigenvalue weighted by Gasteiger charge is 2.56. The van der Waals surface area contributed by atoms with Crippen LogP contribution in [-0.2, 0) is 12.2 Å². The van der Waals surface area contributed by atoms with Crippen molar-refractivity contribution in [3.63, 3.8) is 0 Å². The minimum absolute atomic E-state index is 0.00880. The zero-order valence-electron chi connectivity index (χ0n) is 14.8. The standard InChI is InChI=1S/C17H16F3N7O/c1-16(17(18,19)20)23-6-9-4-5-10(15(28)27(9)16)24-13-11-14(22-7-21-13)26-12(25-11)8-2-3-8/h4-5,7-8,23H,2-3,6H2,1H3,(H2,21,22,24,25,26). The number of pyridine rings is 1. The molecule has 0 amide bonds. The number of hydrogen-bond donors (Lipinski definition) is 3. The summed E-state index contributed by atoms with van der Waals surface area (Å²) in [4.78, 5) is 28.7. The minimum atomic E-state index is -4.63. The number of hydrogen-bond acceptors (Lipinski definition) is 6. The highest BCUT2D eigenvalue weighted by Crippen LogP contribution is 2.40. The van der Waals surface area contributed by atoms with Gasteiger partial charge in [0.25, 0.3) is 5.56 Å². The van der Waals surface area contributed by atoms with Crippen LogP contribution in [0.15, 0.2) is 23.3 Å². The number of anilines is 2. The predicted molar refractivity (Wildman–Crippen MR) is 94.2 cm³/mol. The highest BCUT2D eigenvalue weighted by molar-refractivity contribution is 5.85. The summed E-state index contributed by atoms with van der Waals surface area (Å²) in [5, 5.41) is 5.25. The van der Waals surface area contributed by atoms with Crippen molar-refractivity contribution in [1.29, 1.82) is 0 Å². The maximum Gasteiger partial charge on any atom is 0.425 e. The van der Waals surface area contributed by atoms with Crippen molar-refractivity contribution in [3.8, 4) is 0 Å². The van der Waals surface area contributed by atoms with E-state index in [9.17, 15) is 18.0 Å². The molecule has 3 aromatic rings. The van der Waals surface area contributed by atoms with Gasteiger partial charge in [-0.25, -0.2) is 15.0 Å². The molecule has 0 bridgehead atoms. The van der Waals surface area contributed by atoms with Gasteiger partial charge in [0.05, 0.1) is 0 Å². The van der Waals surface area contributed by atoms with Crippen LogP contribution in [0.25, 0.3) is 11.2 Å². The zero-order valence-corrected chi connectivity index (χ0v) is 14.8. The van der Waals surface area contributed by atoms with Gasteiger partial charge in [-0.3, -0.25) is 14.7 Å². The summed E-state index contributed by atoms with van der Waals surface area (Å²) in [5.74, 6) is 1.46. The smallest absolute Gasteiger partial charge is 0.337 e. The first-order chi connectivity index (χ1) is 13.3. The fraction of sp³-hybridized carbons (Fsp3) is 0.412. The Morgan fingerprint density at radius 3 is 2.79 bits per heavy atom. The van der Waals surface area contributed by atoms with E-state index in [-0.39, 0.29) is 17.9 Å². The van der Waals surface area contributed by atoms with Crippen LogP contribution in [-0.4, -0.2) is 30.7 Å². The Balaban J connectivity index is 1.58. The number of alkyl halides is 3. The molecule has 4 heterocycles. The second-order valence-corrected chi connectivity index (χ2v) is 7.24. The van der Waals surface area contributed by atoms with Crippen LogP contribution in [0, 0.1) is 0 Å². The molecule has 2 aliphatic rings. The average Bonchev–Trinajstić information content (AvgIpc) is 3.29. The molecule has 146 valence electrons. The van der Waals surface area contributed by atoms with Crippen molar-refractivity contribution in [2.24, 2.45) is 0 Å². The lowest BCUT2D eigenvalue weighted by atomic mass is 10.2. The van der Waals surface area contributed by atoms with Crippen LogP contribution in [0.3, 0.4) is 0 Å². The molecule has 1 saturated carbocycles. The van der Waals surface area contributed by atoms with Crippen LogP contribution >= 0.6 is 0 Å². The van der Waals surface area contributed by atoms with E-state index in [2.05, 4.69) is 30.6 Å². The van der Waals surface area contributed by atoms with E-state index in [1.54, 1.807) is 0 Å². The molecule has 0 radical (unpaired) electrons. The van der Waals surface area contributed by atoms with Crippen LogP contribution in [0.2, 0.25) is 0 Å². The van der Waals surface area contributed by atoms with Crippen molar-refractivity contribution in [3.05, 3.63) is 40.3 Å². The van der Waals surface area contributed by atoms with Crippen LogP contribution < -0.4 is 16.2 Å². The lowest BCUT2D eigenvalue weighted by Crippen LogP contribution is -2.54. The fourth-order valence-corrected chi connectivity index (χ4v) is 3.49. The first kappa shape index (κ1) is 17.2. The summed E-state index contributed by atoms with van der Waals surface area (Å²) in [6.07, 6.45) is -1.24. The van der Waals surface area contributed by atoms with Gasteiger partial charge < -0.3 is 10.3 Å². The van der Waals surface area contributed by atoms with Gasteiger partial charge in [0, 0.05) is 18.2 Å². The number of fused-ring (bicyclic) bond motifs is 2. The van der Waals surface area contributed by atoms with Gasteiger partial charge in [-0.15, -0.1) is 0 Å². The van der Waals surface area contributed by atoms with E-state index >= 15 is 0 Å². The highest BCUT2D eigenvalue weighted by atomic mass is 19.4. The molecule has 1 aliphatic heterocycles. The van der Waals surface area contributed by atoms with Crippen LogP contribution in [0.1, 0.15) is 37.2 Å². The molecule has 1 fully saturated rings. The Labute approximate surface area is 156 Å². The van der Waals surface area contributed by atoms with Gasteiger partial charge in [0.15, 0.2) is 17.1 Å². The van der Waals surface area contributed by atoms with Gasteiger partial charge in [0.1, 0.15) is 23.4 Å². The Kier molecular flexibility index (Phi) is 3.39. The first-order valence-electron chi connectivity index (χ1n) is 8.83. The molecule has 28 heavy (non-hydrogen) atoms. The molecule has 0 saturated heterocycles. The number of nitrogens with zero attached hydrogens (tertiary/aromatic N) is 4. The summed E-state index contributed by atoms with van der Waals surface area (Å²) in [6.45, 7) is 0.906. The molecule has 1 aliphatic carbocycles. The Morgan fingerprint density at radius 1 is 1.29 bits per heavy atom. The van der Waals surface area contributed by atoms with E-state index < -0.39 is 17.4 Å². The van der Waals surface area contributed by atoms with E-state index in [4.69, 9.17) is 0 Å². The molecule has 0 spiro atoms. The second kappa shape index (κ2) is 5.53. The molecule has 3 aromatic heterocycles. The molecule has 1 atom stereocenters. The minimum Gasteiger partial charge on any atom is -0.337 e. The van der Waals surface area contributed by atoms with Gasteiger partial charge >= 0.3 is 6.18 Å². The number of aromatic amines is 1. The molecular formula is C17H16F3N7O. The third-order valence-corrected chi connectivity index (χ3v) is 5.30. The molecule has 1 unspecified atom stereocenters. The number of halogens is 3. The third-order valence-electron chi connectivity index (χ3n) is 5.30. The summed E-state index contributed by atoms with van der Waals surface area (Å²) in [5.41, 5.74) is -2.03. The fourth-order valence-electron chi connectivity index (χ4n) is 3.49. The normalized spacial score (nSPS) is 21.9. The summed E-state index contributed by atoms with van der Waals surface area (Å²) >= 11 is 0. The topological polar surface area (TPSA) is 101 Å². The molecule has 3 N–H and O–H groups in total. The van der Waals surface area contributed by atoms with Crippen LogP contribution in [0.4, 0.5) is 24.7 Å². The van der Waals surface area contributed by atoms with Crippen molar-refractivity contribution >= 4 is 22.7 Å². The number of imidazole rings is 1. The second-order valence-electron chi connectivity index (χ2n) is 7.24. The zero-order chi connectivity index (χ0) is 19.7. The van der Waals surface area contributed by atoms with Crippen molar-refractivity contribution in [2.75, 3.05) is 5.32 Å². The molecule has 0 aromatic carbocycles. The van der Waals surface area contributed by atoms with E-state index in [1.165, 1.54) is 18.5 Å². The lowest BCUT2D eigenvalue weighted by Gasteiger charge is -2.30. The molecular weight excluding hydrogens is 375 g/mol. The summed E-state index contributed by atoms with van der Waals surface area (Å²) in [6, 6.07) is 2.96. The summed E-state index contributed by atoms with van der Waals surface area (Å²) in [7, 11) is 0. The van der Waals surface area contributed by atoms with E-state index in [1.807, 2.05) is 0 Å². The maximum atomic E-state index is 13.6. The number of rotatable bonds is 3. The molecule has 5 rings (SSSR count). The van der Waals surface area contributed by atoms with Crippen molar-refractivity contribution in [1.82, 2.24) is 29.8 Å². The SMILES string of the molecule is CC1(C(F)(F)F)NCc2ccc(Nc3ncnc4nc(C5CC5)[nH]c34)c(=O)n21. The van der Waals surface area contributed by atoms with Gasteiger partial charge in [-0.2, -0.15) is 13.2 Å². The largest absolute Gasteiger partial charge is 0.425 e. The lowest BCUT2D eigenvalue weighted by molar-refractivity contribution is -0.215. The van der Waals surface area contributed by atoms with Gasteiger partial charge in [-0.05, 0) is 31.9 Å². The Bertz CT molecular complexity index is 1150.